The van der Waals surface area contributed by atoms with Gasteiger partial charge < -0.3 is 9.64 Å². The zero-order valence-electron chi connectivity index (χ0n) is 28.7. The molecule has 2 aliphatic heterocycles. The average molecular weight is 737 g/mol. The van der Waals surface area contributed by atoms with Gasteiger partial charge in [-0.2, -0.15) is 18.4 Å². The lowest BCUT2D eigenvalue weighted by molar-refractivity contribution is -0.137. The highest BCUT2D eigenvalue weighted by Crippen LogP contribution is 2.46. The lowest BCUT2D eigenvalue weighted by atomic mass is 9.93. The molecule has 276 valence electrons. The van der Waals surface area contributed by atoms with Crippen LogP contribution in [0.3, 0.4) is 0 Å². The van der Waals surface area contributed by atoms with E-state index in [9.17, 15) is 18.8 Å². The van der Waals surface area contributed by atoms with Crippen LogP contribution in [0.25, 0.3) is 44.0 Å². The molecule has 16 heteroatoms. The van der Waals surface area contributed by atoms with Crippen LogP contribution in [0, 0.1) is 23.0 Å². The number of rotatable bonds is 8. The molecule has 0 N–H and O–H groups in total. The zero-order valence-corrected chi connectivity index (χ0v) is 28.7. The highest BCUT2D eigenvalue weighted by atomic mass is 19.4. The Morgan fingerprint density at radius 2 is 1.94 bits per heavy atom. The van der Waals surface area contributed by atoms with E-state index in [0.717, 1.165) is 49.7 Å². The molecule has 7 rings (SSSR count). The van der Waals surface area contributed by atoms with Crippen molar-refractivity contribution >= 4 is 38.7 Å². The van der Waals surface area contributed by atoms with Crippen LogP contribution in [-0.4, -0.2) is 85.7 Å². The van der Waals surface area contributed by atoms with Crippen molar-refractivity contribution in [2.75, 3.05) is 26.8 Å². The number of carbonyl (C=O) groups is 1. The summed E-state index contributed by atoms with van der Waals surface area (Å²) in [5.74, 6) is -2.66. The average Bonchev–Trinajstić information content (AvgIpc) is 3.78. The predicted octanol–water partition coefficient (Wildman–Crippen LogP) is 7.32. The molecule has 0 unspecified atom stereocenters. The third kappa shape index (κ3) is 6.51. The minimum atomic E-state index is -5.09. The van der Waals surface area contributed by atoms with Gasteiger partial charge in [-0.15, -0.1) is 5.10 Å². The Kier molecular flexibility index (Phi) is 9.71. The van der Waals surface area contributed by atoms with Crippen LogP contribution in [0.1, 0.15) is 50.6 Å². The van der Waals surface area contributed by atoms with Gasteiger partial charge in [-0.25, -0.2) is 22.8 Å². The molecule has 5 heterocycles. The largest absolute Gasteiger partial charge is 0.471 e. The molecule has 0 saturated carbocycles. The number of nitriles is 1. The summed E-state index contributed by atoms with van der Waals surface area (Å²) in [6.45, 7) is 1.95. The number of hydrogen-bond acceptors (Lipinski definition) is 8. The summed E-state index contributed by atoms with van der Waals surface area (Å²) < 4.78 is 97.7. The molecule has 0 spiro atoms. The molecular formula is C37H34F6N8O2. The number of benzene rings is 2. The number of allylic oxidation sites excluding steroid dienone is 1. The minimum absolute atomic E-state index is 0.0143. The number of alkyl halides is 4. The van der Waals surface area contributed by atoms with E-state index in [1.807, 2.05) is 14.0 Å². The van der Waals surface area contributed by atoms with Crippen LogP contribution in [0.5, 0.6) is 5.88 Å². The third-order valence-electron chi connectivity index (χ3n) is 10.3. The van der Waals surface area contributed by atoms with Crippen molar-refractivity contribution in [2.45, 2.75) is 69.4 Å². The van der Waals surface area contributed by atoms with Crippen molar-refractivity contribution in [2.24, 2.45) is 0 Å². The maximum Gasteiger partial charge on any atom is 0.417 e. The first-order chi connectivity index (χ1) is 25.4. The van der Waals surface area contributed by atoms with Gasteiger partial charge in [0.2, 0.25) is 11.8 Å². The highest BCUT2D eigenvalue weighted by molar-refractivity contribution is 6.07. The molecule has 5 aromatic rings. The van der Waals surface area contributed by atoms with Crippen molar-refractivity contribution in [1.29, 1.82) is 5.26 Å². The first-order valence-electron chi connectivity index (χ1n) is 17.2. The van der Waals surface area contributed by atoms with Gasteiger partial charge in [-0.1, -0.05) is 5.21 Å². The summed E-state index contributed by atoms with van der Waals surface area (Å²) in [7, 11) is 1.95. The molecule has 2 aliphatic rings. The maximum atomic E-state index is 17.2. The smallest absolute Gasteiger partial charge is 0.417 e. The fourth-order valence-electron chi connectivity index (χ4n) is 7.80. The molecule has 2 fully saturated rings. The zero-order chi connectivity index (χ0) is 37.6. The maximum absolute atomic E-state index is 17.2. The number of pyridine rings is 2. The number of hydrogen-bond donors (Lipinski definition) is 0. The lowest BCUT2D eigenvalue weighted by Crippen LogP contribution is -2.46. The number of likely N-dealkylation sites (N-methyl/N-ethyl adjacent to an activating group) is 1. The number of fused-ring (bicyclic) bond motifs is 4. The molecule has 1 amide bonds. The van der Waals surface area contributed by atoms with Crippen LogP contribution in [-0.2, 0) is 11.0 Å². The van der Waals surface area contributed by atoms with E-state index >= 15 is 17.6 Å². The fourth-order valence-corrected chi connectivity index (χ4v) is 7.80. The van der Waals surface area contributed by atoms with Crippen molar-refractivity contribution in [3.05, 3.63) is 65.9 Å². The first-order valence-corrected chi connectivity index (χ1v) is 17.2. The molecular weight excluding hydrogens is 702 g/mol. The molecule has 10 nitrogen and oxygen atoms in total. The van der Waals surface area contributed by atoms with Gasteiger partial charge in [0.1, 0.15) is 29.6 Å². The van der Waals surface area contributed by atoms with E-state index in [2.05, 4.69) is 31.2 Å². The monoisotopic (exact) mass is 736 g/mol. The Morgan fingerprint density at radius 3 is 2.66 bits per heavy atom. The van der Waals surface area contributed by atoms with Crippen LogP contribution in [0.4, 0.5) is 26.3 Å². The van der Waals surface area contributed by atoms with E-state index in [1.54, 1.807) is 0 Å². The van der Waals surface area contributed by atoms with Gasteiger partial charge >= 0.3 is 6.18 Å². The molecule has 0 radical (unpaired) electrons. The summed E-state index contributed by atoms with van der Waals surface area (Å²) >= 11 is 0. The summed E-state index contributed by atoms with van der Waals surface area (Å²) in [6.07, 6.45) is -0.0324. The lowest BCUT2D eigenvalue weighted by Gasteiger charge is -2.38. The standard InChI is InChI=1S/C37H34F6N8O2/c1-20(28-7-5-16-49(28)2)53-36-34-35(51(48-47-34)22-12-17-50(21(18-22)11-14-44)29(52)8-3-13-38)25-19-26(37(41,42)43)30(31(40)33(25)46-36)24-9-10-27(39)23-6-4-15-45-32(23)24/h3-4,6,8-10,15,19-22,28H,5,7,11-13,16-18H2,1-2H3/b8-3+/t20-,21+,22-,28-/m0/s1. The quantitative estimate of drug-likeness (QED) is 0.120. The number of ether oxygens (including phenoxy) is 1. The summed E-state index contributed by atoms with van der Waals surface area (Å²) in [4.78, 5) is 25.0. The van der Waals surface area contributed by atoms with Crippen molar-refractivity contribution < 1.29 is 35.9 Å². The predicted molar refractivity (Wildman–Crippen MR) is 183 cm³/mol. The van der Waals surface area contributed by atoms with E-state index in [4.69, 9.17) is 4.74 Å². The Balaban J connectivity index is 1.46. The van der Waals surface area contributed by atoms with Gasteiger partial charge in [0.05, 0.1) is 29.6 Å². The second-order valence-corrected chi connectivity index (χ2v) is 13.4. The molecule has 3 aromatic heterocycles. The molecule has 0 aliphatic carbocycles. The van der Waals surface area contributed by atoms with Gasteiger partial charge in [0.15, 0.2) is 11.3 Å². The second-order valence-electron chi connectivity index (χ2n) is 13.4. The highest BCUT2D eigenvalue weighted by Gasteiger charge is 2.40. The Bertz CT molecular complexity index is 2290. The first kappa shape index (κ1) is 36.1. The number of halogens is 6. The molecule has 4 atom stereocenters. The third-order valence-corrected chi connectivity index (χ3v) is 10.3. The second kappa shape index (κ2) is 14.3. The molecule has 2 saturated heterocycles. The van der Waals surface area contributed by atoms with Crippen LogP contribution in [0.15, 0.2) is 48.7 Å². The topological polar surface area (TPSA) is 113 Å². The van der Waals surface area contributed by atoms with Gasteiger partial charge in [0.25, 0.3) is 0 Å². The number of likely N-dealkylation sites (tertiary alicyclic amines) is 2. The van der Waals surface area contributed by atoms with Gasteiger partial charge in [-0.3, -0.25) is 14.7 Å². The number of amides is 1. The normalized spacial score (nSPS) is 20.5. The number of nitrogens with zero attached hydrogens (tertiary/aromatic N) is 8. The summed E-state index contributed by atoms with van der Waals surface area (Å²) in [5, 5.41) is 17.9. The van der Waals surface area contributed by atoms with E-state index in [-0.39, 0.29) is 70.6 Å². The Morgan fingerprint density at radius 1 is 1.13 bits per heavy atom. The van der Waals surface area contributed by atoms with Gasteiger partial charge in [0, 0.05) is 52.8 Å². The Hall–Kier alpha value is -5.30. The van der Waals surface area contributed by atoms with Crippen LogP contribution < -0.4 is 4.74 Å². The Labute approximate surface area is 299 Å². The van der Waals surface area contributed by atoms with Gasteiger partial charge in [-0.05, 0) is 82.6 Å². The molecule has 0 bridgehead atoms. The minimum Gasteiger partial charge on any atom is -0.471 e. The molecule has 53 heavy (non-hydrogen) atoms. The van der Waals surface area contributed by atoms with Crippen LogP contribution in [0.2, 0.25) is 0 Å². The summed E-state index contributed by atoms with van der Waals surface area (Å²) in [5.41, 5.74) is -3.02. The summed E-state index contributed by atoms with van der Waals surface area (Å²) in [6, 6.07) is 6.43. The fraction of sp³-hybridized carbons (Fsp3) is 0.405. The van der Waals surface area contributed by atoms with Crippen molar-refractivity contribution in [3.8, 4) is 23.1 Å². The van der Waals surface area contributed by atoms with Crippen LogP contribution >= 0.6 is 0 Å². The number of piperidine rings is 1. The van der Waals surface area contributed by atoms with E-state index < -0.39 is 65.2 Å². The molecule has 2 aromatic carbocycles. The van der Waals surface area contributed by atoms with E-state index in [0.29, 0.717) is 0 Å². The van der Waals surface area contributed by atoms with Crippen molar-refractivity contribution in [1.82, 2.24) is 34.8 Å². The number of aromatic nitrogens is 5. The number of carbonyl (C=O) groups excluding carboxylic acids is 1. The van der Waals surface area contributed by atoms with Crippen molar-refractivity contribution in [3.63, 3.8) is 0 Å². The van der Waals surface area contributed by atoms with E-state index in [1.165, 1.54) is 27.9 Å². The SMILES string of the molecule is C[C@H](Oc1nc2c(F)c(-c3ccc(F)c4cccnc34)c(C(F)(F)F)cc2c2c1nnn2[C@H]1CCN(C(=O)/C=C/CF)[C@H](CC#N)C1)[C@@H]1CCCN1C.